The van der Waals surface area contributed by atoms with Crippen LogP contribution in [0.15, 0.2) is 0 Å². The van der Waals surface area contributed by atoms with E-state index in [9.17, 15) is 0 Å². The zero-order valence-corrected chi connectivity index (χ0v) is 9.96. The Morgan fingerprint density at radius 3 is 1.75 bits per heavy atom. The first-order valence-electron chi connectivity index (χ1n) is 2.05. The first kappa shape index (κ1) is 12.3. The van der Waals surface area contributed by atoms with Gasteiger partial charge >= 0.3 is 0 Å². The van der Waals surface area contributed by atoms with Crippen LogP contribution in [0.3, 0.4) is 0 Å². The van der Waals surface area contributed by atoms with Gasteiger partial charge in [0.25, 0.3) is 0 Å². The van der Waals surface area contributed by atoms with Gasteiger partial charge in [-0.2, -0.15) is 0 Å². The van der Waals surface area contributed by atoms with Crippen LogP contribution in [0.25, 0.3) is 0 Å². The van der Waals surface area contributed by atoms with Crippen molar-refractivity contribution < 1.29 is 31.9 Å². The molecule has 1 fully saturated rings. The van der Waals surface area contributed by atoms with Crippen molar-refractivity contribution in [2.45, 2.75) is 6.42 Å². The molecular formula is C4H7ClS2Zn-. The van der Waals surface area contributed by atoms with Gasteiger partial charge in [-0.3, -0.25) is 0 Å². The fourth-order valence-electron chi connectivity index (χ4n) is 0.370. The Bertz CT molecular complexity index is 29.5. The molecular weight excluding hydrogens is 213 g/mol. The molecule has 0 aliphatic carbocycles. The van der Waals surface area contributed by atoms with Gasteiger partial charge < -0.3 is 12.4 Å². The third-order valence-electron chi connectivity index (χ3n) is 0.660. The van der Waals surface area contributed by atoms with Crippen LogP contribution < -0.4 is 12.4 Å². The van der Waals surface area contributed by atoms with Crippen molar-refractivity contribution in [1.82, 2.24) is 0 Å². The van der Waals surface area contributed by atoms with Gasteiger partial charge in [0.15, 0.2) is 0 Å². The van der Waals surface area contributed by atoms with E-state index in [1.165, 1.54) is 17.9 Å². The van der Waals surface area contributed by atoms with Crippen molar-refractivity contribution in [1.29, 1.82) is 0 Å². The third-order valence-corrected chi connectivity index (χ3v) is 2.80. The van der Waals surface area contributed by atoms with E-state index in [1.54, 1.807) is 0 Å². The molecule has 0 unspecified atom stereocenters. The second kappa shape index (κ2) is 8.61. The predicted molar refractivity (Wildman–Crippen MR) is 33.8 cm³/mol. The maximum Gasteiger partial charge on any atom is 0.0712 e. The van der Waals surface area contributed by atoms with Crippen LogP contribution in [0, 0.1) is 5.08 Å². The standard InChI is InChI=1S/C4H7S2.ClH.Zn/c1-2-5-4-6-3-1;;/h4H,1-3H2;1H;/p-1. The van der Waals surface area contributed by atoms with E-state index in [1.807, 2.05) is 23.5 Å². The minimum absolute atomic E-state index is 0. The second-order valence-corrected chi connectivity index (χ2v) is 3.44. The number of hydrogen-bond acceptors (Lipinski definition) is 2. The minimum atomic E-state index is 0. The smallest absolute Gasteiger partial charge is 0.0712 e. The van der Waals surface area contributed by atoms with Crippen molar-refractivity contribution in [2.24, 2.45) is 0 Å². The molecule has 0 amide bonds. The summed E-state index contributed by atoms with van der Waals surface area (Å²) in [6.45, 7) is 0. The molecule has 45 valence electrons. The van der Waals surface area contributed by atoms with E-state index in [4.69, 9.17) is 0 Å². The van der Waals surface area contributed by atoms with E-state index in [0.717, 1.165) is 0 Å². The molecule has 1 heterocycles. The number of rotatable bonds is 0. The first-order chi connectivity index (χ1) is 3.00. The predicted octanol–water partition coefficient (Wildman–Crippen LogP) is -1.02. The van der Waals surface area contributed by atoms with Gasteiger partial charge in [0, 0.05) is 19.5 Å². The summed E-state index contributed by atoms with van der Waals surface area (Å²) in [5.74, 6) is 2.68. The van der Waals surface area contributed by atoms with Gasteiger partial charge in [-0.25, -0.2) is 0 Å². The molecule has 1 saturated heterocycles. The van der Waals surface area contributed by atoms with E-state index in [-0.39, 0.29) is 31.9 Å². The second-order valence-electron chi connectivity index (χ2n) is 1.19. The number of halogens is 1. The Hall–Kier alpha value is 1.61. The summed E-state index contributed by atoms with van der Waals surface area (Å²) in [6, 6.07) is 0. The number of hydrogen-bond donors (Lipinski definition) is 0. The van der Waals surface area contributed by atoms with Crippen molar-refractivity contribution in [3.63, 3.8) is 0 Å². The minimum Gasteiger partial charge on any atom is -1.00 e. The van der Waals surface area contributed by atoms with Crippen LogP contribution in [-0.2, 0) is 19.5 Å². The molecule has 0 atom stereocenters. The molecule has 1 aliphatic rings. The summed E-state index contributed by atoms with van der Waals surface area (Å²) >= 11 is 3.87. The van der Waals surface area contributed by atoms with E-state index < -0.39 is 0 Å². The summed E-state index contributed by atoms with van der Waals surface area (Å²) in [5.41, 5.74) is 0. The van der Waals surface area contributed by atoms with Crippen LogP contribution in [-0.4, -0.2) is 11.5 Å². The van der Waals surface area contributed by atoms with Crippen molar-refractivity contribution in [2.75, 3.05) is 11.5 Å². The third kappa shape index (κ3) is 5.74. The van der Waals surface area contributed by atoms with Crippen LogP contribution in [0.2, 0.25) is 0 Å². The topological polar surface area (TPSA) is 0 Å². The normalized spacial score (nSPS) is 18.0. The molecule has 1 radical (unpaired) electrons. The van der Waals surface area contributed by atoms with Crippen molar-refractivity contribution in [3.8, 4) is 0 Å². The molecule has 0 bridgehead atoms. The maximum atomic E-state index is 2.23. The summed E-state index contributed by atoms with van der Waals surface area (Å²) in [6.07, 6.45) is 1.39. The molecule has 0 nitrogen and oxygen atoms in total. The molecule has 0 spiro atoms. The monoisotopic (exact) mass is 218 g/mol. The van der Waals surface area contributed by atoms with Gasteiger partial charge in [0.05, 0.1) is 5.08 Å². The Balaban J connectivity index is 0. The van der Waals surface area contributed by atoms with Crippen LogP contribution in [0.1, 0.15) is 6.42 Å². The van der Waals surface area contributed by atoms with E-state index >= 15 is 0 Å². The van der Waals surface area contributed by atoms with Gasteiger partial charge in [-0.05, 0) is 17.9 Å². The number of thioether (sulfide) groups is 2. The zero-order valence-electron chi connectivity index (χ0n) is 4.60. The Labute approximate surface area is 78.1 Å². The van der Waals surface area contributed by atoms with Gasteiger partial charge in [-0.15, -0.1) is 23.5 Å². The largest absolute Gasteiger partial charge is 1.00 e. The van der Waals surface area contributed by atoms with Crippen molar-refractivity contribution >= 4 is 23.5 Å². The summed E-state index contributed by atoms with van der Waals surface area (Å²) in [7, 11) is 0. The molecule has 1 rings (SSSR count). The maximum absolute atomic E-state index is 2.23. The molecule has 0 saturated carbocycles. The molecule has 0 N–H and O–H groups in total. The fraction of sp³-hybridized carbons (Fsp3) is 0.750. The zero-order chi connectivity index (χ0) is 4.24. The Kier molecular flexibility index (Phi) is 13.2. The van der Waals surface area contributed by atoms with Crippen LogP contribution in [0.4, 0.5) is 0 Å². The fourth-order valence-corrected chi connectivity index (χ4v) is 2.33. The Morgan fingerprint density at radius 2 is 1.62 bits per heavy atom. The van der Waals surface area contributed by atoms with Gasteiger partial charge in [0.1, 0.15) is 0 Å². The average molecular weight is 220 g/mol. The molecule has 4 heteroatoms. The molecule has 0 aromatic rings. The first-order valence-corrected chi connectivity index (χ1v) is 4.15. The Morgan fingerprint density at radius 1 is 1.12 bits per heavy atom. The quantitative estimate of drug-likeness (QED) is 0.479. The van der Waals surface area contributed by atoms with Crippen molar-refractivity contribution in [3.05, 3.63) is 5.08 Å². The molecule has 1 aliphatic heterocycles. The summed E-state index contributed by atoms with van der Waals surface area (Å²) in [4.78, 5) is 0. The van der Waals surface area contributed by atoms with E-state index in [0.29, 0.717) is 0 Å². The van der Waals surface area contributed by atoms with Crippen LogP contribution >= 0.6 is 23.5 Å². The van der Waals surface area contributed by atoms with Crippen LogP contribution in [0.5, 0.6) is 0 Å². The molecule has 8 heavy (non-hydrogen) atoms. The molecule has 0 aromatic carbocycles. The average Bonchev–Trinajstić information content (AvgIpc) is 1.72. The summed E-state index contributed by atoms with van der Waals surface area (Å²) < 4.78 is 0. The summed E-state index contributed by atoms with van der Waals surface area (Å²) in [5, 5.41) is 2.23. The van der Waals surface area contributed by atoms with E-state index in [2.05, 4.69) is 5.08 Å². The SMILES string of the molecule is [CH]1SCCCS1.[Cl-].[Zn]. The van der Waals surface area contributed by atoms with Gasteiger partial charge in [-0.1, -0.05) is 0 Å². The molecule has 0 aromatic heterocycles. The van der Waals surface area contributed by atoms with Gasteiger partial charge in [0.2, 0.25) is 0 Å².